The van der Waals surface area contributed by atoms with E-state index < -0.39 is 18.5 Å². The number of piperidine rings is 1. The van der Waals surface area contributed by atoms with Crippen molar-refractivity contribution in [2.75, 3.05) is 13.2 Å². The minimum atomic E-state index is -4.21. The number of ether oxygens (including phenoxy) is 2. The Kier molecular flexibility index (Phi) is 8.21. The Balaban J connectivity index is 1.22. The van der Waals surface area contributed by atoms with E-state index in [-0.39, 0.29) is 24.5 Å². The fourth-order valence-electron chi connectivity index (χ4n) is 7.51. The molecule has 4 fully saturated rings. The van der Waals surface area contributed by atoms with Gasteiger partial charge in [0.05, 0.1) is 23.1 Å². The molecule has 1 unspecified atom stereocenters. The average molecular weight is 563 g/mol. The van der Waals surface area contributed by atoms with E-state index in [0.29, 0.717) is 29.9 Å². The Morgan fingerprint density at radius 3 is 2.48 bits per heavy atom. The molecule has 0 spiro atoms. The molecule has 2 aromatic rings. The summed E-state index contributed by atoms with van der Waals surface area (Å²) in [6.45, 7) is 3.48. The van der Waals surface area contributed by atoms with Gasteiger partial charge < -0.3 is 14.6 Å². The maximum Gasteiger partial charge on any atom is 0.389 e. The van der Waals surface area contributed by atoms with E-state index in [1.807, 2.05) is 6.20 Å². The molecule has 220 valence electrons. The molecule has 3 aliphatic heterocycles. The molecule has 3 saturated heterocycles. The Labute approximate surface area is 233 Å². The Morgan fingerprint density at radius 1 is 1.05 bits per heavy atom. The minimum absolute atomic E-state index is 0.0520. The lowest BCUT2D eigenvalue weighted by molar-refractivity contribution is -0.143. The normalized spacial score (nSPS) is 32.0. The standard InChI is InChI=1S/C30H41F3N4O3/c1-18(14-30(31,32)33)11-27-34-16-26-28(36-27)25(19-4-8-22(38)9-5-19)15-35-29(26)40-24-12-20-6-7-21(13-24)37(20)17-23-3-2-10-39-23/h15-16,18-24,38H,2-14,17H2,1H3/t18-,19?,20-,21+,22?,23-,24?/m1/s1. The number of hydrogen-bond acceptors (Lipinski definition) is 7. The molecule has 2 aromatic heterocycles. The second-order valence-corrected chi connectivity index (χ2v) is 12.6. The number of aliphatic hydroxyl groups excluding tert-OH is 1. The largest absolute Gasteiger partial charge is 0.474 e. The van der Waals surface area contributed by atoms with Crippen LogP contribution in [0.1, 0.15) is 94.9 Å². The number of halogens is 3. The number of pyridine rings is 1. The SMILES string of the molecule is C[C@H](Cc1ncc2c(OC3C[C@H]4CC[C@@H](C3)N4C[C@H]3CCCO3)ncc(C3CCC(O)CC3)c2n1)CC(F)(F)F. The van der Waals surface area contributed by atoms with Gasteiger partial charge in [0, 0.05) is 56.0 Å². The molecule has 1 saturated carbocycles. The van der Waals surface area contributed by atoms with Crippen molar-refractivity contribution in [3.63, 3.8) is 0 Å². The highest BCUT2D eigenvalue weighted by Crippen LogP contribution is 2.41. The van der Waals surface area contributed by atoms with Gasteiger partial charge in [-0.3, -0.25) is 4.90 Å². The summed E-state index contributed by atoms with van der Waals surface area (Å²) in [6.07, 6.45) is 8.40. The zero-order valence-electron chi connectivity index (χ0n) is 23.3. The van der Waals surface area contributed by atoms with E-state index in [1.165, 1.54) is 12.8 Å². The van der Waals surface area contributed by atoms with Crippen molar-refractivity contribution in [2.45, 2.75) is 126 Å². The second-order valence-electron chi connectivity index (χ2n) is 12.6. The van der Waals surface area contributed by atoms with E-state index in [1.54, 1.807) is 13.1 Å². The van der Waals surface area contributed by atoms with Gasteiger partial charge >= 0.3 is 6.18 Å². The van der Waals surface area contributed by atoms with Crippen molar-refractivity contribution in [3.8, 4) is 5.88 Å². The van der Waals surface area contributed by atoms with Crippen LogP contribution in [0.4, 0.5) is 13.2 Å². The summed E-state index contributed by atoms with van der Waals surface area (Å²) >= 11 is 0. The van der Waals surface area contributed by atoms with Crippen LogP contribution >= 0.6 is 0 Å². The van der Waals surface area contributed by atoms with Crippen LogP contribution in [0, 0.1) is 5.92 Å². The molecule has 0 radical (unpaired) electrons. The first-order valence-corrected chi connectivity index (χ1v) is 15.1. The smallest absolute Gasteiger partial charge is 0.389 e. The van der Waals surface area contributed by atoms with Crippen molar-refractivity contribution in [1.82, 2.24) is 19.9 Å². The zero-order valence-corrected chi connectivity index (χ0v) is 23.3. The predicted octanol–water partition coefficient (Wildman–Crippen LogP) is 5.73. The summed E-state index contributed by atoms with van der Waals surface area (Å²) in [5, 5.41) is 10.8. The Hall–Kier alpha value is -2.04. The van der Waals surface area contributed by atoms with Gasteiger partial charge in [-0.2, -0.15) is 13.2 Å². The fraction of sp³-hybridized carbons (Fsp3) is 0.767. The summed E-state index contributed by atoms with van der Waals surface area (Å²) in [6, 6.07) is 0.982. The molecule has 1 aliphatic carbocycles. The number of alkyl halides is 3. The van der Waals surface area contributed by atoms with Crippen molar-refractivity contribution in [3.05, 3.63) is 23.8 Å². The van der Waals surface area contributed by atoms with Crippen molar-refractivity contribution >= 4 is 10.9 Å². The molecule has 5 atom stereocenters. The monoisotopic (exact) mass is 562 g/mol. The number of rotatable bonds is 8. The topological polar surface area (TPSA) is 80.6 Å². The summed E-state index contributed by atoms with van der Waals surface area (Å²) in [4.78, 5) is 16.7. The Bertz CT molecular complexity index is 1150. The molecule has 0 amide bonds. The van der Waals surface area contributed by atoms with Crippen LogP contribution in [-0.2, 0) is 11.2 Å². The van der Waals surface area contributed by atoms with Crippen LogP contribution in [0.3, 0.4) is 0 Å². The number of aliphatic hydroxyl groups is 1. The van der Waals surface area contributed by atoms with Crippen molar-refractivity contribution in [2.24, 2.45) is 5.92 Å². The van der Waals surface area contributed by atoms with E-state index in [4.69, 9.17) is 19.4 Å². The number of fused-ring (bicyclic) bond motifs is 3. The van der Waals surface area contributed by atoms with Gasteiger partial charge in [-0.15, -0.1) is 0 Å². The first-order chi connectivity index (χ1) is 19.2. The molecule has 6 rings (SSSR count). The van der Waals surface area contributed by atoms with Gasteiger partial charge in [-0.05, 0) is 76.0 Å². The average Bonchev–Trinajstić information content (AvgIpc) is 3.49. The molecular weight excluding hydrogens is 521 g/mol. The fourth-order valence-corrected chi connectivity index (χ4v) is 7.51. The van der Waals surface area contributed by atoms with Crippen LogP contribution in [-0.4, -0.2) is 74.7 Å². The minimum Gasteiger partial charge on any atom is -0.474 e. The molecule has 1 N–H and O–H groups in total. The second kappa shape index (κ2) is 11.7. The maximum absolute atomic E-state index is 13.0. The predicted molar refractivity (Wildman–Crippen MR) is 144 cm³/mol. The van der Waals surface area contributed by atoms with E-state index in [0.717, 1.165) is 81.0 Å². The molecule has 7 nitrogen and oxygen atoms in total. The van der Waals surface area contributed by atoms with E-state index >= 15 is 0 Å². The van der Waals surface area contributed by atoms with Crippen LogP contribution in [0.25, 0.3) is 10.9 Å². The third-order valence-electron chi connectivity index (χ3n) is 9.47. The highest BCUT2D eigenvalue weighted by Gasteiger charge is 2.43. The van der Waals surface area contributed by atoms with Gasteiger partial charge in [0.1, 0.15) is 11.9 Å². The first-order valence-electron chi connectivity index (χ1n) is 15.1. The number of hydrogen-bond donors (Lipinski definition) is 1. The van der Waals surface area contributed by atoms with Crippen molar-refractivity contribution < 1.29 is 27.8 Å². The number of nitrogens with zero attached hydrogens (tertiary/aromatic N) is 4. The van der Waals surface area contributed by atoms with Gasteiger partial charge in [0.25, 0.3) is 0 Å². The van der Waals surface area contributed by atoms with E-state index in [2.05, 4.69) is 9.88 Å². The molecule has 0 aromatic carbocycles. The molecule has 2 bridgehead atoms. The molecule has 4 aliphatic rings. The highest BCUT2D eigenvalue weighted by atomic mass is 19.4. The zero-order chi connectivity index (χ0) is 27.9. The lowest BCUT2D eigenvalue weighted by Gasteiger charge is -2.39. The lowest BCUT2D eigenvalue weighted by Crippen LogP contribution is -2.49. The van der Waals surface area contributed by atoms with Crippen LogP contribution in [0.15, 0.2) is 12.4 Å². The van der Waals surface area contributed by atoms with E-state index in [9.17, 15) is 18.3 Å². The van der Waals surface area contributed by atoms with Crippen LogP contribution in [0.5, 0.6) is 5.88 Å². The molecule has 5 heterocycles. The Morgan fingerprint density at radius 2 is 1.80 bits per heavy atom. The summed E-state index contributed by atoms with van der Waals surface area (Å²) < 4.78 is 51.4. The molecule has 10 heteroatoms. The third-order valence-corrected chi connectivity index (χ3v) is 9.47. The van der Waals surface area contributed by atoms with Gasteiger partial charge in [-0.1, -0.05) is 6.92 Å². The molecule has 40 heavy (non-hydrogen) atoms. The van der Waals surface area contributed by atoms with Crippen LogP contribution in [0.2, 0.25) is 0 Å². The quantitative estimate of drug-likeness (QED) is 0.440. The van der Waals surface area contributed by atoms with Crippen LogP contribution < -0.4 is 4.74 Å². The van der Waals surface area contributed by atoms with Crippen molar-refractivity contribution in [1.29, 1.82) is 0 Å². The summed E-state index contributed by atoms with van der Waals surface area (Å²) in [5.41, 5.74) is 1.71. The lowest BCUT2D eigenvalue weighted by atomic mass is 9.82. The summed E-state index contributed by atoms with van der Waals surface area (Å²) in [5.74, 6) is 0.513. The summed E-state index contributed by atoms with van der Waals surface area (Å²) in [7, 11) is 0. The maximum atomic E-state index is 13.0. The molecular formula is C30H41F3N4O3. The van der Waals surface area contributed by atoms with Gasteiger partial charge in [-0.25, -0.2) is 15.0 Å². The first kappa shape index (κ1) is 28.1. The third kappa shape index (κ3) is 6.39. The van der Waals surface area contributed by atoms with Gasteiger partial charge in [0.2, 0.25) is 5.88 Å². The number of aromatic nitrogens is 3. The van der Waals surface area contributed by atoms with Gasteiger partial charge in [0.15, 0.2) is 0 Å². The highest BCUT2D eigenvalue weighted by molar-refractivity contribution is 5.85.